The van der Waals surface area contributed by atoms with Crippen molar-refractivity contribution in [3.8, 4) is 11.5 Å². The van der Waals surface area contributed by atoms with Crippen LogP contribution in [0.3, 0.4) is 0 Å². The van der Waals surface area contributed by atoms with Gasteiger partial charge in [0, 0.05) is 12.6 Å². The highest BCUT2D eigenvalue weighted by Gasteiger charge is 2.09. The van der Waals surface area contributed by atoms with E-state index < -0.39 is 0 Å². The number of nitrogens with two attached hydrogens (primary N) is 1. The summed E-state index contributed by atoms with van der Waals surface area (Å²) in [5, 5.41) is 2.75. The van der Waals surface area contributed by atoms with Crippen molar-refractivity contribution in [3.05, 3.63) is 23.8 Å². The van der Waals surface area contributed by atoms with E-state index in [0.29, 0.717) is 18.0 Å². The molecule has 0 aromatic heterocycles. The van der Waals surface area contributed by atoms with Gasteiger partial charge in [-0.25, -0.2) is 0 Å². The molecular formula is C13H20N2O3. The van der Waals surface area contributed by atoms with Gasteiger partial charge in [0.25, 0.3) is 5.91 Å². The molecule has 0 heterocycles. The monoisotopic (exact) mass is 252 g/mol. The van der Waals surface area contributed by atoms with Gasteiger partial charge in [-0.3, -0.25) is 4.79 Å². The van der Waals surface area contributed by atoms with Crippen LogP contribution in [-0.4, -0.2) is 25.7 Å². The minimum Gasteiger partial charge on any atom is -0.493 e. The van der Waals surface area contributed by atoms with Crippen LogP contribution in [0.4, 0.5) is 0 Å². The average molecular weight is 252 g/mol. The highest BCUT2D eigenvalue weighted by molar-refractivity contribution is 5.77. The largest absolute Gasteiger partial charge is 0.493 e. The van der Waals surface area contributed by atoms with Crippen molar-refractivity contribution in [2.24, 2.45) is 5.73 Å². The number of hydrogen-bond acceptors (Lipinski definition) is 4. The van der Waals surface area contributed by atoms with E-state index in [1.54, 1.807) is 19.2 Å². The molecule has 3 N–H and O–H groups in total. The Bertz CT molecular complexity index is 405. The van der Waals surface area contributed by atoms with Crippen molar-refractivity contribution >= 4 is 5.91 Å². The van der Waals surface area contributed by atoms with Crippen LogP contribution in [0, 0.1) is 0 Å². The summed E-state index contributed by atoms with van der Waals surface area (Å²) in [6, 6.07) is 5.51. The summed E-state index contributed by atoms with van der Waals surface area (Å²) in [5.74, 6) is 0.953. The standard InChI is InChI=1S/C13H20N2O3/c1-9(2)15-13(16)8-18-12-6-10(7-14)4-5-11(12)17-3/h4-6,9H,7-8,14H2,1-3H3,(H,15,16). The van der Waals surface area contributed by atoms with Crippen molar-refractivity contribution < 1.29 is 14.3 Å². The Hall–Kier alpha value is -1.75. The normalized spacial score (nSPS) is 10.3. The van der Waals surface area contributed by atoms with Gasteiger partial charge < -0.3 is 20.5 Å². The second kappa shape index (κ2) is 6.86. The molecule has 1 aromatic rings. The Balaban J connectivity index is 2.67. The summed E-state index contributed by atoms with van der Waals surface area (Å²) < 4.78 is 10.6. The second-order valence-electron chi connectivity index (χ2n) is 4.20. The van der Waals surface area contributed by atoms with Gasteiger partial charge in [0.15, 0.2) is 18.1 Å². The molecule has 0 aliphatic carbocycles. The fourth-order valence-electron chi connectivity index (χ4n) is 1.47. The van der Waals surface area contributed by atoms with Crippen LogP contribution in [0.5, 0.6) is 11.5 Å². The van der Waals surface area contributed by atoms with Gasteiger partial charge in [-0.1, -0.05) is 6.07 Å². The molecule has 5 heteroatoms. The summed E-state index contributed by atoms with van der Waals surface area (Å²) in [6.07, 6.45) is 0. The van der Waals surface area contributed by atoms with Crippen LogP contribution in [0.2, 0.25) is 0 Å². The fourth-order valence-corrected chi connectivity index (χ4v) is 1.47. The third-order valence-corrected chi connectivity index (χ3v) is 2.27. The molecule has 0 radical (unpaired) electrons. The molecule has 0 spiro atoms. The van der Waals surface area contributed by atoms with E-state index in [4.69, 9.17) is 15.2 Å². The number of carbonyl (C=O) groups excluding carboxylic acids is 1. The van der Waals surface area contributed by atoms with Crippen LogP contribution in [0.15, 0.2) is 18.2 Å². The van der Waals surface area contributed by atoms with E-state index in [9.17, 15) is 4.79 Å². The van der Waals surface area contributed by atoms with E-state index >= 15 is 0 Å². The number of hydrogen-bond donors (Lipinski definition) is 2. The Labute approximate surface area is 107 Å². The first-order valence-electron chi connectivity index (χ1n) is 5.86. The van der Waals surface area contributed by atoms with E-state index in [2.05, 4.69) is 5.32 Å². The highest BCUT2D eigenvalue weighted by atomic mass is 16.5. The number of carbonyl (C=O) groups is 1. The Kier molecular flexibility index (Phi) is 5.45. The Morgan fingerprint density at radius 2 is 2.11 bits per heavy atom. The molecule has 1 rings (SSSR count). The SMILES string of the molecule is COc1ccc(CN)cc1OCC(=O)NC(C)C. The minimum absolute atomic E-state index is 0.0391. The van der Waals surface area contributed by atoms with Gasteiger partial charge in [-0.05, 0) is 31.5 Å². The van der Waals surface area contributed by atoms with Crippen molar-refractivity contribution in [1.82, 2.24) is 5.32 Å². The Morgan fingerprint density at radius 3 is 2.67 bits per heavy atom. The number of rotatable bonds is 6. The molecular weight excluding hydrogens is 232 g/mol. The smallest absolute Gasteiger partial charge is 0.258 e. The number of benzene rings is 1. The summed E-state index contributed by atoms with van der Waals surface area (Å²) in [7, 11) is 1.55. The van der Waals surface area contributed by atoms with Crippen LogP contribution in [0.1, 0.15) is 19.4 Å². The molecule has 0 saturated carbocycles. The fraction of sp³-hybridized carbons (Fsp3) is 0.462. The van der Waals surface area contributed by atoms with E-state index in [-0.39, 0.29) is 18.6 Å². The zero-order valence-electron chi connectivity index (χ0n) is 11.0. The van der Waals surface area contributed by atoms with Crippen molar-refractivity contribution in [3.63, 3.8) is 0 Å². The molecule has 1 aromatic carbocycles. The quantitative estimate of drug-likeness (QED) is 0.794. The predicted molar refractivity (Wildman–Crippen MR) is 69.7 cm³/mol. The summed E-state index contributed by atoms with van der Waals surface area (Å²) in [4.78, 5) is 11.5. The molecule has 5 nitrogen and oxygen atoms in total. The summed E-state index contributed by atoms with van der Waals surface area (Å²) in [5.41, 5.74) is 6.48. The first-order chi connectivity index (χ1) is 8.56. The molecule has 100 valence electrons. The first-order valence-corrected chi connectivity index (χ1v) is 5.86. The second-order valence-corrected chi connectivity index (χ2v) is 4.20. The van der Waals surface area contributed by atoms with Crippen LogP contribution in [0.25, 0.3) is 0 Å². The molecule has 0 aliphatic rings. The average Bonchev–Trinajstić information content (AvgIpc) is 2.35. The molecule has 1 amide bonds. The predicted octanol–water partition coefficient (Wildman–Crippen LogP) is 1.06. The van der Waals surface area contributed by atoms with Crippen molar-refractivity contribution in [2.75, 3.05) is 13.7 Å². The lowest BCUT2D eigenvalue weighted by molar-refractivity contribution is -0.123. The minimum atomic E-state index is -0.162. The number of nitrogens with one attached hydrogen (secondary N) is 1. The molecule has 0 bridgehead atoms. The van der Waals surface area contributed by atoms with Gasteiger partial charge >= 0.3 is 0 Å². The van der Waals surface area contributed by atoms with Gasteiger partial charge in [-0.2, -0.15) is 0 Å². The number of methoxy groups -OCH3 is 1. The van der Waals surface area contributed by atoms with E-state index in [1.165, 1.54) is 0 Å². The van der Waals surface area contributed by atoms with E-state index in [0.717, 1.165) is 5.56 Å². The summed E-state index contributed by atoms with van der Waals surface area (Å²) >= 11 is 0. The lowest BCUT2D eigenvalue weighted by Crippen LogP contribution is -2.34. The molecule has 0 unspecified atom stereocenters. The van der Waals surface area contributed by atoms with E-state index in [1.807, 2.05) is 19.9 Å². The molecule has 18 heavy (non-hydrogen) atoms. The molecule has 0 aliphatic heterocycles. The molecule has 0 saturated heterocycles. The van der Waals surface area contributed by atoms with Crippen molar-refractivity contribution in [1.29, 1.82) is 0 Å². The highest BCUT2D eigenvalue weighted by Crippen LogP contribution is 2.27. The Morgan fingerprint density at radius 1 is 1.39 bits per heavy atom. The maximum absolute atomic E-state index is 11.5. The van der Waals surface area contributed by atoms with Gasteiger partial charge in [0.05, 0.1) is 7.11 Å². The van der Waals surface area contributed by atoms with Crippen LogP contribution in [-0.2, 0) is 11.3 Å². The lowest BCUT2D eigenvalue weighted by Gasteiger charge is -2.13. The number of amides is 1. The zero-order valence-corrected chi connectivity index (χ0v) is 11.0. The topological polar surface area (TPSA) is 73.6 Å². The van der Waals surface area contributed by atoms with Gasteiger partial charge in [-0.15, -0.1) is 0 Å². The third kappa shape index (κ3) is 4.25. The lowest BCUT2D eigenvalue weighted by atomic mass is 10.2. The summed E-state index contributed by atoms with van der Waals surface area (Å²) in [6.45, 7) is 4.17. The van der Waals surface area contributed by atoms with Crippen LogP contribution >= 0.6 is 0 Å². The maximum atomic E-state index is 11.5. The first kappa shape index (κ1) is 14.3. The van der Waals surface area contributed by atoms with Gasteiger partial charge in [0.1, 0.15) is 0 Å². The molecule has 0 atom stereocenters. The third-order valence-electron chi connectivity index (χ3n) is 2.27. The number of ether oxygens (including phenoxy) is 2. The molecule has 0 fully saturated rings. The van der Waals surface area contributed by atoms with Gasteiger partial charge in [0.2, 0.25) is 0 Å². The van der Waals surface area contributed by atoms with Crippen molar-refractivity contribution in [2.45, 2.75) is 26.4 Å². The maximum Gasteiger partial charge on any atom is 0.258 e. The zero-order chi connectivity index (χ0) is 13.5. The van der Waals surface area contributed by atoms with Crippen LogP contribution < -0.4 is 20.5 Å².